The molecular formula is C21H22F2N4O2. The molecule has 3 unspecified atom stereocenters. The number of rotatable bonds is 4. The number of aryl methyl sites for hydroxylation is 1. The Labute approximate surface area is 167 Å². The minimum atomic E-state index is -0.645. The van der Waals surface area contributed by atoms with Crippen LogP contribution in [0.25, 0.3) is 0 Å². The Balaban J connectivity index is 1.33. The average Bonchev–Trinajstić information content (AvgIpc) is 3.28. The number of aromatic nitrogens is 2. The summed E-state index contributed by atoms with van der Waals surface area (Å²) in [5, 5.41) is 13.7. The van der Waals surface area contributed by atoms with E-state index >= 15 is 0 Å². The molecule has 1 amide bonds. The van der Waals surface area contributed by atoms with Gasteiger partial charge in [-0.05, 0) is 54.7 Å². The van der Waals surface area contributed by atoms with Crippen LogP contribution in [0, 0.1) is 42.2 Å². The molecule has 3 aliphatic carbocycles. The molecule has 2 bridgehead atoms. The molecular weight excluding hydrogens is 378 g/mol. The number of hydrogen-bond donors (Lipinski definition) is 0. The summed E-state index contributed by atoms with van der Waals surface area (Å²) in [4.78, 5) is 13.4. The van der Waals surface area contributed by atoms with E-state index in [0.29, 0.717) is 47.9 Å². The second-order valence-corrected chi connectivity index (χ2v) is 8.45. The lowest BCUT2D eigenvalue weighted by atomic mass is 9.54. The van der Waals surface area contributed by atoms with E-state index in [4.69, 9.17) is 4.42 Å². The molecule has 6 rings (SSSR count). The van der Waals surface area contributed by atoms with Crippen molar-refractivity contribution >= 4 is 12.1 Å². The first-order valence-corrected chi connectivity index (χ1v) is 10.1. The lowest BCUT2D eigenvalue weighted by Gasteiger charge is -2.51. The largest absolute Gasteiger partial charge is 0.426 e. The molecule has 1 aromatic heterocycles. The molecule has 3 atom stereocenters. The van der Waals surface area contributed by atoms with Gasteiger partial charge in [0.1, 0.15) is 11.6 Å². The molecule has 2 heterocycles. The Hall–Kier alpha value is -2.64. The number of carbonyl (C=O) groups is 1. The van der Waals surface area contributed by atoms with Crippen LogP contribution in [0.3, 0.4) is 0 Å². The van der Waals surface area contributed by atoms with E-state index in [1.807, 2.05) is 0 Å². The van der Waals surface area contributed by atoms with Gasteiger partial charge in [0, 0.05) is 38.0 Å². The van der Waals surface area contributed by atoms with Crippen LogP contribution >= 0.6 is 0 Å². The quantitative estimate of drug-likeness (QED) is 0.782. The summed E-state index contributed by atoms with van der Waals surface area (Å²) in [6.07, 6.45) is 5.58. The van der Waals surface area contributed by atoms with E-state index in [0.717, 1.165) is 25.3 Å². The van der Waals surface area contributed by atoms with E-state index in [2.05, 4.69) is 15.3 Å². The summed E-state index contributed by atoms with van der Waals surface area (Å²) in [5.41, 5.74) is 0.438. The van der Waals surface area contributed by atoms with Gasteiger partial charge in [0.15, 0.2) is 0 Å². The summed E-state index contributed by atoms with van der Waals surface area (Å²) in [6.45, 7) is 1.77. The fourth-order valence-electron chi connectivity index (χ4n) is 5.17. The second kappa shape index (κ2) is 7.00. The number of hydrogen-bond acceptors (Lipinski definition) is 5. The molecule has 0 N–H and O–H groups in total. The van der Waals surface area contributed by atoms with Crippen LogP contribution in [-0.4, -0.2) is 27.3 Å². The second-order valence-electron chi connectivity index (χ2n) is 8.45. The van der Waals surface area contributed by atoms with Gasteiger partial charge in [-0.3, -0.25) is 4.79 Å². The molecule has 1 aromatic carbocycles. The van der Waals surface area contributed by atoms with Crippen molar-refractivity contribution in [1.29, 1.82) is 0 Å². The number of carbonyl (C=O) groups excluding carboxylic acids is 1. The highest BCUT2D eigenvalue weighted by atomic mass is 19.1. The normalized spacial score (nSPS) is 30.4. The number of halogens is 2. The van der Waals surface area contributed by atoms with Crippen LogP contribution in [0.15, 0.2) is 27.7 Å². The van der Waals surface area contributed by atoms with Crippen LogP contribution in [-0.2, 0) is 11.2 Å². The Morgan fingerprint density at radius 1 is 1.14 bits per heavy atom. The summed E-state index contributed by atoms with van der Waals surface area (Å²) < 4.78 is 32.9. The van der Waals surface area contributed by atoms with Crippen molar-refractivity contribution in [2.24, 2.45) is 28.8 Å². The summed E-state index contributed by atoms with van der Waals surface area (Å²) in [5.74, 6) is 0.962. The van der Waals surface area contributed by atoms with E-state index in [1.54, 1.807) is 13.1 Å². The zero-order chi connectivity index (χ0) is 20.1. The summed E-state index contributed by atoms with van der Waals surface area (Å²) in [7, 11) is 0. The third-order valence-corrected chi connectivity index (χ3v) is 6.65. The van der Waals surface area contributed by atoms with Gasteiger partial charge in [0.05, 0.1) is 6.04 Å². The molecule has 0 radical (unpaired) electrons. The fraction of sp³-hybridized carbons (Fsp3) is 0.524. The van der Waals surface area contributed by atoms with Crippen molar-refractivity contribution in [3.8, 4) is 0 Å². The van der Waals surface area contributed by atoms with Gasteiger partial charge >= 0.3 is 0 Å². The van der Waals surface area contributed by atoms with Crippen molar-refractivity contribution in [3.05, 3.63) is 47.2 Å². The van der Waals surface area contributed by atoms with Gasteiger partial charge in [-0.1, -0.05) is 0 Å². The molecule has 152 valence electrons. The Morgan fingerprint density at radius 2 is 1.90 bits per heavy atom. The van der Waals surface area contributed by atoms with Crippen molar-refractivity contribution < 1.29 is 18.0 Å². The molecule has 0 spiro atoms. The smallest absolute Gasteiger partial charge is 0.246 e. The molecule has 3 fully saturated rings. The molecule has 3 saturated carbocycles. The average molecular weight is 400 g/mol. The van der Waals surface area contributed by atoms with Gasteiger partial charge in [0.2, 0.25) is 17.7 Å². The van der Waals surface area contributed by atoms with Crippen LogP contribution in [0.5, 0.6) is 0 Å². The van der Waals surface area contributed by atoms with Crippen molar-refractivity contribution in [2.45, 2.75) is 45.1 Å². The van der Waals surface area contributed by atoms with E-state index in [-0.39, 0.29) is 11.8 Å². The van der Waals surface area contributed by atoms with Crippen molar-refractivity contribution in [3.63, 3.8) is 0 Å². The third kappa shape index (κ3) is 3.34. The predicted molar refractivity (Wildman–Crippen MR) is 99.6 cm³/mol. The van der Waals surface area contributed by atoms with Gasteiger partial charge < -0.3 is 4.42 Å². The first-order valence-electron chi connectivity index (χ1n) is 10.1. The molecule has 6 nitrogen and oxygen atoms in total. The van der Waals surface area contributed by atoms with Gasteiger partial charge in [-0.2, -0.15) is 5.10 Å². The molecule has 8 heteroatoms. The summed E-state index contributed by atoms with van der Waals surface area (Å²) in [6, 6.07) is 2.95. The molecule has 4 aliphatic rings. The van der Waals surface area contributed by atoms with Crippen LogP contribution in [0.2, 0.25) is 0 Å². The number of fused-ring (bicyclic) bond motifs is 2. The number of nitrogens with zero attached hydrogens (tertiary/aromatic N) is 4. The highest BCUT2D eigenvalue weighted by molar-refractivity contribution is 5.82. The topological polar surface area (TPSA) is 71.6 Å². The lowest BCUT2D eigenvalue weighted by molar-refractivity contribution is -0.147. The SMILES string of the molecule is Cc1nnc(CC2CC(C(=O)N3N=CCC3c3cc(F)cc(F)c3)C3CC2C3)o1. The maximum Gasteiger partial charge on any atom is 0.246 e. The van der Waals surface area contributed by atoms with Crippen LogP contribution in [0.4, 0.5) is 8.78 Å². The highest BCUT2D eigenvalue weighted by Crippen LogP contribution is 2.54. The molecule has 0 saturated heterocycles. The molecule has 1 aliphatic heterocycles. The van der Waals surface area contributed by atoms with Gasteiger partial charge in [-0.15, -0.1) is 10.2 Å². The van der Waals surface area contributed by atoms with Gasteiger partial charge in [0.25, 0.3) is 0 Å². The van der Waals surface area contributed by atoms with Crippen molar-refractivity contribution in [1.82, 2.24) is 15.2 Å². The number of amides is 1. The Kier molecular flexibility index (Phi) is 4.44. The predicted octanol–water partition coefficient (Wildman–Crippen LogP) is 3.82. The minimum absolute atomic E-state index is 0.0525. The van der Waals surface area contributed by atoms with Crippen molar-refractivity contribution in [2.75, 3.05) is 0 Å². The summed E-state index contributed by atoms with van der Waals surface area (Å²) >= 11 is 0. The zero-order valence-corrected chi connectivity index (χ0v) is 16.1. The maximum atomic E-state index is 13.7. The third-order valence-electron chi connectivity index (χ3n) is 6.65. The van der Waals surface area contributed by atoms with Gasteiger partial charge in [-0.25, -0.2) is 13.8 Å². The maximum absolute atomic E-state index is 13.7. The van der Waals surface area contributed by atoms with E-state index in [1.165, 1.54) is 17.1 Å². The van der Waals surface area contributed by atoms with E-state index in [9.17, 15) is 13.6 Å². The Bertz CT molecular complexity index is 949. The van der Waals surface area contributed by atoms with E-state index < -0.39 is 17.7 Å². The monoisotopic (exact) mass is 400 g/mol. The lowest BCUT2D eigenvalue weighted by Crippen LogP contribution is -2.49. The first kappa shape index (κ1) is 18.4. The Morgan fingerprint density at radius 3 is 2.59 bits per heavy atom. The minimum Gasteiger partial charge on any atom is -0.426 e. The molecule has 29 heavy (non-hydrogen) atoms. The molecule has 2 aromatic rings. The highest BCUT2D eigenvalue weighted by Gasteiger charge is 2.50. The standard InChI is InChI=1S/C21H22F2N4O2/c1-11-25-26-20(29-11)9-13-8-18(14-4-12(13)5-14)21(28)27-19(2-3-24-27)15-6-16(22)10-17(23)7-15/h3,6-7,10,12-14,18-19H,2,4-5,8-9H2,1H3. The fourth-order valence-corrected chi connectivity index (χ4v) is 5.17. The number of hydrazone groups is 1. The van der Waals surface area contributed by atoms with Crippen LogP contribution in [0.1, 0.15) is 49.1 Å². The first-order chi connectivity index (χ1) is 14.0. The number of benzene rings is 1. The zero-order valence-electron chi connectivity index (χ0n) is 16.1. The van der Waals surface area contributed by atoms with Crippen LogP contribution < -0.4 is 0 Å².